The molecule has 1 saturated heterocycles. The lowest BCUT2D eigenvalue weighted by atomic mass is 9.71. The molecule has 2 aliphatic rings. The van der Waals surface area contributed by atoms with Crippen molar-refractivity contribution in [2.75, 3.05) is 7.11 Å². The number of amides is 1. The minimum atomic E-state index is -0.626. The first-order valence-corrected chi connectivity index (χ1v) is 8.69. The largest absolute Gasteiger partial charge is 0.467 e. The number of carbonyl (C=O) groups excluding carboxylic acids is 2. The van der Waals surface area contributed by atoms with Gasteiger partial charge in [-0.3, -0.25) is 9.79 Å². The summed E-state index contributed by atoms with van der Waals surface area (Å²) in [6, 6.07) is 16.9. The summed E-state index contributed by atoms with van der Waals surface area (Å²) in [7, 11) is 1.37. The molecule has 0 aliphatic carbocycles. The van der Waals surface area contributed by atoms with Gasteiger partial charge in [0.05, 0.1) is 12.8 Å². The number of likely N-dealkylation sites (tertiary alicyclic amines) is 1. The van der Waals surface area contributed by atoms with Crippen LogP contribution in [0.25, 0.3) is 0 Å². The molecule has 2 aliphatic heterocycles. The van der Waals surface area contributed by atoms with Gasteiger partial charge in [-0.1, -0.05) is 48.5 Å². The Morgan fingerprint density at radius 1 is 1.19 bits per heavy atom. The molecule has 0 aromatic heterocycles. The van der Waals surface area contributed by atoms with Crippen LogP contribution in [0, 0.1) is 0 Å². The highest BCUT2D eigenvalue weighted by molar-refractivity contribution is 5.96. The molecule has 0 bridgehead atoms. The lowest BCUT2D eigenvalue weighted by molar-refractivity contribution is -0.157. The number of rotatable bonds is 3. The van der Waals surface area contributed by atoms with E-state index in [0.29, 0.717) is 19.4 Å². The third-order valence-electron chi connectivity index (χ3n) is 5.28. The van der Waals surface area contributed by atoms with E-state index in [1.165, 1.54) is 7.11 Å². The number of hydrogen-bond donors (Lipinski definition) is 0. The Kier molecular flexibility index (Phi) is 4.07. The van der Waals surface area contributed by atoms with Crippen molar-refractivity contribution in [2.45, 2.75) is 30.8 Å². The number of hydrogen-bond acceptors (Lipinski definition) is 4. The predicted molar refractivity (Wildman–Crippen MR) is 98.3 cm³/mol. The van der Waals surface area contributed by atoms with Crippen molar-refractivity contribution in [1.82, 2.24) is 4.90 Å². The van der Waals surface area contributed by atoms with Crippen molar-refractivity contribution < 1.29 is 14.3 Å². The second-order valence-corrected chi connectivity index (χ2v) is 6.86. The molecule has 0 N–H and O–H groups in total. The second-order valence-electron chi connectivity index (χ2n) is 6.86. The van der Waals surface area contributed by atoms with E-state index in [0.717, 1.165) is 16.8 Å². The normalized spacial score (nSPS) is 24.0. The van der Waals surface area contributed by atoms with Gasteiger partial charge in [0.25, 0.3) is 0 Å². The van der Waals surface area contributed by atoms with Crippen LogP contribution in [0.3, 0.4) is 0 Å². The van der Waals surface area contributed by atoms with Gasteiger partial charge in [-0.2, -0.15) is 0 Å². The Labute approximate surface area is 152 Å². The van der Waals surface area contributed by atoms with Crippen molar-refractivity contribution in [3.05, 3.63) is 65.7 Å². The topological polar surface area (TPSA) is 59.0 Å². The van der Waals surface area contributed by atoms with Gasteiger partial charge in [0.15, 0.2) is 0 Å². The molecule has 5 heteroatoms. The summed E-state index contributed by atoms with van der Waals surface area (Å²) in [6.45, 7) is 0.397. The van der Waals surface area contributed by atoms with Gasteiger partial charge in [-0.25, -0.2) is 4.79 Å². The molecule has 26 heavy (non-hydrogen) atoms. The van der Waals surface area contributed by atoms with Crippen LogP contribution in [-0.4, -0.2) is 36.1 Å². The van der Waals surface area contributed by atoms with Crippen molar-refractivity contribution in [1.29, 1.82) is 0 Å². The van der Waals surface area contributed by atoms with Crippen LogP contribution in [0.2, 0.25) is 0 Å². The van der Waals surface area contributed by atoms with Gasteiger partial charge in [0.2, 0.25) is 5.91 Å². The van der Waals surface area contributed by atoms with Gasteiger partial charge in [-0.05, 0) is 23.6 Å². The first-order valence-electron chi connectivity index (χ1n) is 8.69. The predicted octanol–water partition coefficient (Wildman–Crippen LogP) is 3.00. The number of aliphatic imine (C=N–C) groups is 1. The van der Waals surface area contributed by atoms with Crippen LogP contribution in [0.15, 0.2) is 59.6 Å². The van der Waals surface area contributed by atoms with Crippen LogP contribution in [-0.2, 0) is 26.3 Å². The standard InChI is InChI=1S/C21H20N2O3/c1-26-20(25)18-11-21(14-22-17-10-6-5-9-16(17)21)12-19(24)23(18)13-15-7-3-2-4-8-15/h2-10,14,18H,11-13H2,1H3/t18-,21-/m1/s1. The third kappa shape index (κ3) is 2.69. The molecule has 1 spiro atoms. The van der Waals surface area contributed by atoms with E-state index in [9.17, 15) is 9.59 Å². The summed E-state index contributed by atoms with van der Waals surface area (Å²) in [5.41, 5.74) is 2.35. The Morgan fingerprint density at radius 3 is 2.69 bits per heavy atom. The molecule has 1 amide bonds. The first-order chi connectivity index (χ1) is 12.6. The monoisotopic (exact) mass is 348 g/mol. The van der Waals surface area contributed by atoms with Gasteiger partial charge in [-0.15, -0.1) is 0 Å². The lowest BCUT2D eigenvalue weighted by Gasteiger charge is -2.42. The molecule has 1 fully saturated rings. The van der Waals surface area contributed by atoms with Crippen LogP contribution in [0.1, 0.15) is 24.0 Å². The van der Waals surface area contributed by atoms with E-state index >= 15 is 0 Å². The molecule has 4 rings (SSSR count). The molecular formula is C21H20N2O3. The maximum atomic E-state index is 13.1. The number of methoxy groups -OCH3 is 1. The lowest BCUT2D eigenvalue weighted by Crippen LogP contribution is -2.55. The molecule has 0 radical (unpaired) electrons. The number of para-hydroxylation sites is 1. The number of carbonyl (C=O) groups is 2. The van der Waals surface area contributed by atoms with Gasteiger partial charge < -0.3 is 9.64 Å². The fourth-order valence-electron chi connectivity index (χ4n) is 3.97. The number of benzene rings is 2. The minimum Gasteiger partial charge on any atom is -0.467 e. The van der Waals surface area contributed by atoms with Crippen LogP contribution < -0.4 is 0 Å². The number of esters is 1. The van der Waals surface area contributed by atoms with Crippen LogP contribution >= 0.6 is 0 Å². The summed E-state index contributed by atoms with van der Waals surface area (Å²) in [5, 5.41) is 0. The summed E-state index contributed by atoms with van der Waals surface area (Å²) in [5.74, 6) is -0.440. The average Bonchev–Trinajstić information content (AvgIpc) is 3.02. The number of ether oxygens (including phenoxy) is 1. The zero-order chi connectivity index (χ0) is 18.1. The highest BCUT2D eigenvalue weighted by Crippen LogP contribution is 2.45. The Bertz CT molecular complexity index is 878. The number of fused-ring (bicyclic) bond motifs is 2. The summed E-state index contributed by atoms with van der Waals surface area (Å²) in [4.78, 5) is 31.7. The minimum absolute atomic E-state index is 0.0568. The zero-order valence-corrected chi connectivity index (χ0v) is 14.6. The van der Waals surface area contributed by atoms with Crippen LogP contribution in [0.5, 0.6) is 0 Å². The highest BCUT2D eigenvalue weighted by atomic mass is 16.5. The van der Waals surface area contributed by atoms with Gasteiger partial charge in [0, 0.05) is 24.6 Å². The van der Waals surface area contributed by atoms with Crippen molar-refractivity contribution >= 4 is 23.8 Å². The summed E-state index contributed by atoms with van der Waals surface area (Å²) in [6.07, 6.45) is 2.64. The molecule has 2 aromatic carbocycles. The van der Waals surface area contributed by atoms with Gasteiger partial charge >= 0.3 is 5.97 Å². The van der Waals surface area contributed by atoms with Gasteiger partial charge in [0.1, 0.15) is 6.04 Å². The molecule has 2 heterocycles. The maximum Gasteiger partial charge on any atom is 0.328 e. The maximum absolute atomic E-state index is 13.1. The van der Waals surface area contributed by atoms with E-state index in [4.69, 9.17) is 4.74 Å². The van der Waals surface area contributed by atoms with E-state index < -0.39 is 11.5 Å². The van der Waals surface area contributed by atoms with Crippen molar-refractivity contribution in [3.63, 3.8) is 0 Å². The molecule has 2 aromatic rings. The van der Waals surface area contributed by atoms with Crippen molar-refractivity contribution in [2.24, 2.45) is 4.99 Å². The van der Waals surface area contributed by atoms with Crippen LogP contribution in [0.4, 0.5) is 5.69 Å². The molecule has 132 valence electrons. The fourth-order valence-corrected chi connectivity index (χ4v) is 3.97. The Hall–Kier alpha value is -2.95. The van der Waals surface area contributed by atoms with E-state index in [1.807, 2.05) is 60.8 Å². The first kappa shape index (κ1) is 16.5. The molecule has 0 saturated carbocycles. The van der Waals surface area contributed by atoms with Crippen molar-refractivity contribution in [3.8, 4) is 0 Å². The highest BCUT2D eigenvalue weighted by Gasteiger charge is 2.49. The molecular weight excluding hydrogens is 328 g/mol. The molecule has 0 unspecified atom stereocenters. The average molecular weight is 348 g/mol. The van der Waals surface area contributed by atoms with E-state index in [1.54, 1.807) is 4.90 Å². The smallest absolute Gasteiger partial charge is 0.328 e. The molecule has 5 nitrogen and oxygen atoms in total. The SMILES string of the molecule is COC(=O)[C@H]1C[C@]2(C=Nc3ccccc32)CC(=O)N1Cc1ccccc1. The third-order valence-corrected chi connectivity index (χ3v) is 5.28. The zero-order valence-electron chi connectivity index (χ0n) is 14.6. The summed E-state index contributed by atoms with van der Waals surface area (Å²) < 4.78 is 5.02. The second kappa shape index (κ2) is 6.41. The Balaban J connectivity index is 1.69. The Morgan fingerprint density at radius 2 is 1.92 bits per heavy atom. The van der Waals surface area contributed by atoms with E-state index in [-0.39, 0.29) is 11.9 Å². The fraction of sp³-hybridized carbons (Fsp3) is 0.286. The van der Waals surface area contributed by atoms with E-state index in [2.05, 4.69) is 4.99 Å². The molecule has 2 atom stereocenters. The quantitative estimate of drug-likeness (QED) is 0.801. The summed E-state index contributed by atoms with van der Waals surface area (Å²) >= 11 is 0. The number of piperidine rings is 1. The number of nitrogens with zero attached hydrogens (tertiary/aromatic N) is 2.